The summed E-state index contributed by atoms with van der Waals surface area (Å²) in [6.45, 7) is 3.90. The van der Waals surface area contributed by atoms with E-state index in [1.54, 1.807) is 43.2 Å². The average Bonchev–Trinajstić information content (AvgIpc) is 2.85. The van der Waals surface area contributed by atoms with E-state index in [-0.39, 0.29) is 12.0 Å². The van der Waals surface area contributed by atoms with Crippen LogP contribution in [-0.2, 0) is 0 Å². The number of aromatic nitrogens is 2. The zero-order valence-electron chi connectivity index (χ0n) is 12.7. The van der Waals surface area contributed by atoms with Gasteiger partial charge < -0.3 is 15.4 Å². The maximum Gasteiger partial charge on any atom is 0.273 e. The first-order chi connectivity index (χ1) is 9.86. The molecule has 21 heavy (non-hydrogen) atoms. The number of benzene rings is 1. The number of carbonyl (C=O) groups excluding carboxylic acids is 1. The van der Waals surface area contributed by atoms with Gasteiger partial charge in [-0.15, -0.1) is 0 Å². The number of nitrogens with two attached hydrogens (primary N) is 1. The van der Waals surface area contributed by atoms with Crippen LogP contribution in [0, 0.1) is 0 Å². The van der Waals surface area contributed by atoms with Crippen LogP contribution in [0.15, 0.2) is 30.5 Å². The topological polar surface area (TPSA) is 73.4 Å². The lowest BCUT2D eigenvalue weighted by atomic mass is 10.2. The third-order valence-corrected chi connectivity index (χ3v) is 2.76. The van der Waals surface area contributed by atoms with Crippen LogP contribution in [-0.4, -0.2) is 40.8 Å². The number of anilines is 1. The van der Waals surface area contributed by atoms with Crippen molar-refractivity contribution in [1.29, 1.82) is 0 Å². The van der Waals surface area contributed by atoms with E-state index in [0.29, 0.717) is 17.1 Å². The maximum absolute atomic E-state index is 11.9. The first kappa shape index (κ1) is 14.9. The molecule has 0 aliphatic carbocycles. The normalized spacial score (nSPS) is 10.7. The number of hydrogen-bond donors (Lipinski definition) is 1. The van der Waals surface area contributed by atoms with Crippen molar-refractivity contribution >= 4 is 11.6 Å². The van der Waals surface area contributed by atoms with Crippen LogP contribution in [0.5, 0.6) is 5.75 Å². The Hall–Kier alpha value is -2.50. The second kappa shape index (κ2) is 5.87. The molecule has 0 saturated heterocycles. The van der Waals surface area contributed by atoms with Crippen LogP contribution < -0.4 is 10.5 Å². The number of nitrogens with zero attached hydrogens (tertiary/aromatic N) is 3. The highest BCUT2D eigenvalue weighted by Gasteiger charge is 2.12. The van der Waals surface area contributed by atoms with Crippen LogP contribution in [0.25, 0.3) is 5.69 Å². The van der Waals surface area contributed by atoms with Gasteiger partial charge in [0.15, 0.2) is 5.69 Å². The molecule has 6 nitrogen and oxygen atoms in total. The van der Waals surface area contributed by atoms with Crippen molar-refractivity contribution in [1.82, 2.24) is 14.7 Å². The first-order valence-electron chi connectivity index (χ1n) is 6.71. The summed E-state index contributed by atoms with van der Waals surface area (Å²) in [5.74, 6) is 0.535. The van der Waals surface area contributed by atoms with Gasteiger partial charge in [-0.1, -0.05) is 0 Å². The summed E-state index contributed by atoms with van der Waals surface area (Å²) in [5.41, 5.74) is 7.61. The molecule has 2 rings (SSSR count). The highest BCUT2D eigenvalue weighted by molar-refractivity contribution is 5.91. The molecule has 0 bridgehead atoms. The molecule has 1 aromatic heterocycles. The van der Waals surface area contributed by atoms with Crippen molar-refractivity contribution < 1.29 is 9.53 Å². The molecule has 112 valence electrons. The monoisotopic (exact) mass is 288 g/mol. The van der Waals surface area contributed by atoms with Crippen molar-refractivity contribution in [2.75, 3.05) is 19.8 Å². The molecule has 1 amide bonds. The molecular weight excluding hydrogens is 268 g/mol. The van der Waals surface area contributed by atoms with E-state index in [1.807, 2.05) is 19.9 Å². The molecule has 6 heteroatoms. The second-order valence-electron chi connectivity index (χ2n) is 5.27. The Balaban J connectivity index is 2.34. The Morgan fingerprint density at radius 3 is 2.67 bits per heavy atom. The van der Waals surface area contributed by atoms with Crippen LogP contribution in [0.1, 0.15) is 24.3 Å². The molecule has 0 atom stereocenters. The van der Waals surface area contributed by atoms with E-state index in [2.05, 4.69) is 5.10 Å². The summed E-state index contributed by atoms with van der Waals surface area (Å²) in [4.78, 5) is 13.4. The summed E-state index contributed by atoms with van der Waals surface area (Å²) < 4.78 is 7.26. The van der Waals surface area contributed by atoms with Crippen molar-refractivity contribution in [3.05, 3.63) is 36.2 Å². The fraction of sp³-hybridized carbons (Fsp3) is 0.333. The van der Waals surface area contributed by atoms with Crippen LogP contribution >= 0.6 is 0 Å². The predicted octanol–water partition coefficient (Wildman–Crippen LogP) is 1.94. The molecule has 0 radical (unpaired) electrons. The Morgan fingerprint density at radius 2 is 2.05 bits per heavy atom. The maximum atomic E-state index is 11.9. The fourth-order valence-electron chi connectivity index (χ4n) is 1.89. The summed E-state index contributed by atoms with van der Waals surface area (Å²) in [7, 11) is 3.38. The van der Waals surface area contributed by atoms with Crippen LogP contribution in [0.3, 0.4) is 0 Å². The van der Waals surface area contributed by atoms with Gasteiger partial charge in [-0.05, 0) is 26.0 Å². The number of amides is 1. The Morgan fingerprint density at radius 1 is 1.33 bits per heavy atom. The zero-order chi connectivity index (χ0) is 15.6. The van der Waals surface area contributed by atoms with E-state index in [9.17, 15) is 4.79 Å². The first-order valence-corrected chi connectivity index (χ1v) is 6.71. The number of hydrogen-bond acceptors (Lipinski definition) is 4. The molecule has 1 heterocycles. The Bertz CT molecular complexity index is 647. The van der Waals surface area contributed by atoms with Gasteiger partial charge in [0.05, 0.1) is 11.8 Å². The lowest BCUT2D eigenvalue weighted by Crippen LogP contribution is -2.22. The molecule has 2 aromatic rings. The molecule has 0 fully saturated rings. The van der Waals surface area contributed by atoms with Gasteiger partial charge in [-0.25, -0.2) is 4.68 Å². The van der Waals surface area contributed by atoms with Gasteiger partial charge in [0.25, 0.3) is 5.91 Å². The van der Waals surface area contributed by atoms with E-state index >= 15 is 0 Å². The highest BCUT2D eigenvalue weighted by atomic mass is 16.5. The van der Waals surface area contributed by atoms with E-state index in [4.69, 9.17) is 10.5 Å². The van der Waals surface area contributed by atoms with Crippen LogP contribution in [0.2, 0.25) is 0 Å². The van der Waals surface area contributed by atoms with Gasteiger partial charge >= 0.3 is 0 Å². The van der Waals surface area contributed by atoms with Crippen molar-refractivity contribution in [2.24, 2.45) is 0 Å². The van der Waals surface area contributed by atoms with E-state index < -0.39 is 0 Å². The third-order valence-electron chi connectivity index (χ3n) is 2.76. The standard InChI is InChI=1S/C15H20N4O2/c1-10(2)21-13-8-11(16)7-12(9-13)19-6-5-14(17-19)15(20)18(3)4/h5-10H,16H2,1-4H3. The van der Waals surface area contributed by atoms with E-state index in [0.717, 1.165) is 5.69 Å². The largest absolute Gasteiger partial charge is 0.491 e. The molecule has 0 spiro atoms. The van der Waals surface area contributed by atoms with Gasteiger partial charge in [0, 0.05) is 38.1 Å². The molecular formula is C15H20N4O2. The quantitative estimate of drug-likeness (QED) is 0.873. The molecule has 0 aliphatic heterocycles. The van der Waals surface area contributed by atoms with Crippen LogP contribution in [0.4, 0.5) is 5.69 Å². The molecule has 1 aromatic carbocycles. The zero-order valence-corrected chi connectivity index (χ0v) is 12.7. The number of rotatable bonds is 4. The minimum Gasteiger partial charge on any atom is -0.491 e. The molecule has 0 aliphatic rings. The minimum absolute atomic E-state index is 0.0585. The summed E-state index contributed by atoms with van der Waals surface area (Å²) in [5, 5.41) is 4.28. The number of ether oxygens (including phenoxy) is 1. The Kier molecular flexibility index (Phi) is 4.16. The van der Waals surface area contributed by atoms with Gasteiger partial charge in [0.1, 0.15) is 5.75 Å². The average molecular weight is 288 g/mol. The SMILES string of the molecule is CC(C)Oc1cc(N)cc(-n2ccc(C(=O)N(C)C)n2)c1. The number of nitrogen functional groups attached to an aromatic ring is 1. The van der Waals surface area contributed by atoms with Gasteiger partial charge in [-0.3, -0.25) is 4.79 Å². The smallest absolute Gasteiger partial charge is 0.273 e. The van der Waals surface area contributed by atoms with Gasteiger partial charge in [0.2, 0.25) is 0 Å². The fourth-order valence-corrected chi connectivity index (χ4v) is 1.89. The highest BCUT2D eigenvalue weighted by Crippen LogP contribution is 2.22. The summed E-state index contributed by atoms with van der Waals surface area (Å²) in [6.07, 6.45) is 1.79. The lowest BCUT2D eigenvalue weighted by molar-refractivity contribution is 0.0821. The second-order valence-corrected chi connectivity index (χ2v) is 5.27. The van der Waals surface area contributed by atoms with Crippen molar-refractivity contribution in [3.8, 4) is 11.4 Å². The van der Waals surface area contributed by atoms with Crippen molar-refractivity contribution in [2.45, 2.75) is 20.0 Å². The Labute approximate surface area is 124 Å². The van der Waals surface area contributed by atoms with Gasteiger partial charge in [-0.2, -0.15) is 5.10 Å². The molecule has 0 saturated carbocycles. The van der Waals surface area contributed by atoms with E-state index in [1.165, 1.54) is 4.90 Å². The predicted molar refractivity (Wildman–Crippen MR) is 81.8 cm³/mol. The molecule has 2 N–H and O–H groups in total. The third kappa shape index (κ3) is 3.53. The lowest BCUT2D eigenvalue weighted by Gasteiger charge is -2.12. The minimum atomic E-state index is -0.142. The summed E-state index contributed by atoms with van der Waals surface area (Å²) >= 11 is 0. The molecule has 0 unspecified atom stereocenters. The number of carbonyl (C=O) groups is 1. The van der Waals surface area contributed by atoms with Crippen molar-refractivity contribution in [3.63, 3.8) is 0 Å². The summed E-state index contributed by atoms with van der Waals surface area (Å²) in [6, 6.07) is 7.06.